The normalized spacial score (nSPS) is 18.3. The van der Waals surface area contributed by atoms with Gasteiger partial charge in [0.2, 0.25) is 0 Å². The number of methoxy groups -OCH3 is 1. The predicted molar refractivity (Wildman–Crippen MR) is 114 cm³/mol. The second-order valence-corrected chi connectivity index (χ2v) is 7.84. The highest BCUT2D eigenvalue weighted by atomic mass is 19.4. The highest BCUT2D eigenvalue weighted by molar-refractivity contribution is 6.04. The number of aryl methyl sites for hydroxylation is 1. The molecule has 2 aromatic carbocycles. The monoisotopic (exact) mass is 527 g/mol. The second kappa shape index (κ2) is 10.1. The molecule has 0 spiro atoms. The molecule has 0 amide bonds. The standard InChI is InChI=1S/C22H16F9NO2.C2H6/c1-11-5-12(3-4-16(11)18(33)34-2)17-9-19(10-32-17,22(29,30)31)13-6-14(20(23,24)25)8-15(7-13)21(26,27)28;1-2/h3-8H,9-10H2,1-2H3;1-2H3. The summed E-state index contributed by atoms with van der Waals surface area (Å²) in [5, 5.41) is 0. The van der Waals surface area contributed by atoms with Crippen molar-refractivity contribution in [2.24, 2.45) is 4.99 Å². The molecule has 2 aromatic rings. The maximum Gasteiger partial charge on any atom is 0.416 e. The lowest BCUT2D eigenvalue weighted by Crippen LogP contribution is -2.44. The first kappa shape index (κ1) is 29.2. The van der Waals surface area contributed by atoms with E-state index in [4.69, 9.17) is 0 Å². The minimum absolute atomic E-state index is 0.0901. The van der Waals surface area contributed by atoms with Crippen LogP contribution in [0.2, 0.25) is 0 Å². The number of halogens is 9. The third-order valence-electron chi connectivity index (χ3n) is 5.66. The number of nitrogens with zero attached hydrogens (tertiary/aromatic N) is 1. The van der Waals surface area contributed by atoms with Crippen molar-refractivity contribution < 1.29 is 49.0 Å². The van der Waals surface area contributed by atoms with Crippen molar-refractivity contribution >= 4 is 11.7 Å². The lowest BCUT2D eigenvalue weighted by molar-refractivity contribution is -0.184. The zero-order valence-corrected chi connectivity index (χ0v) is 19.5. The lowest BCUT2D eigenvalue weighted by Gasteiger charge is -2.32. The fourth-order valence-electron chi connectivity index (χ4n) is 3.78. The van der Waals surface area contributed by atoms with Gasteiger partial charge in [0.1, 0.15) is 5.41 Å². The molecule has 198 valence electrons. The van der Waals surface area contributed by atoms with Crippen molar-refractivity contribution in [3.05, 3.63) is 69.8 Å². The Morgan fingerprint density at radius 2 is 1.42 bits per heavy atom. The Kier molecular flexibility index (Phi) is 8.22. The lowest BCUT2D eigenvalue weighted by atomic mass is 9.75. The molecule has 0 aromatic heterocycles. The largest absolute Gasteiger partial charge is 0.465 e. The van der Waals surface area contributed by atoms with E-state index in [1.165, 1.54) is 25.1 Å². The second-order valence-electron chi connectivity index (χ2n) is 7.84. The molecule has 1 atom stereocenters. The summed E-state index contributed by atoms with van der Waals surface area (Å²) in [4.78, 5) is 15.6. The van der Waals surface area contributed by atoms with Crippen LogP contribution >= 0.6 is 0 Å². The molecule has 0 saturated carbocycles. The number of benzene rings is 2. The fraction of sp³-hybridized carbons (Fsp3) is 0.417. The van der Waals surface area contributed by atoms with Gasteiger partial charge in [0.25, 0.3) is 0 Å². The summed E-state index contributed by atoms with van der Waals surface area (Å²) in [7, 11) is 1.14. The van der Waals surface area contributed by atoms with Gasteiger partial charge in [-0.1, -0.05) is 19.9 Å². The maximum absolute atomic E-state index is 14.2. The third-order valence-corrected chi connectivity index (χ3v) is 5.66. The predicted octanol–water partition coefficient (Wildman–Crippen LogP) is 7.54. The summed E-state index contributed by atoms with van der Waals surface area (Å²) in [5.74, 6) is -0.689. The first-order valence-electron chi connectivity index (χ1n) is 10.6. The van der Waals surface area contributed by atoms with Crippen LogP contribution in [0.25, 0.3) is 0 Å². The fourth-order valence-corrected chi connectivity index (χ4v) is 3.78. The van der Waals surface area contributed by atoms with E-state index in [1.54, 1.807) is 0 Å². The topological polar surface area (TPSA) is 38.7 Å². The van der Waals surface area contributed by atoms with Crippen LogP contribution in [0.3, 0.4) is 0 Å². The molecule has 0 aliphatic carbocycles. The quantitative estimate of drug-likeness (QED) is 0.306. The summed E-state index contributed by atoms with van der Waals surface area (Å²) in [6.07, 6.45) is -16.8. The van der Waals surface area contributed by atoms with Crippen molar-refractivity contribution in [2.45, 2.75) is 51.1 Å². The molecule has 1 unspecified atom stereocenters. The number of aliphatic imine (C=N–C) groups is 1. The maximum atomic E-state index is 14.2. The van der Waals surface area contributed by atoms with E-state index in [9.17, 15) is 44.3 Å². The van der Waals surface area contributed by atoms with Crippen LogP contribution in [0.1, 0.15) is 58.4 Å². The van der Waals surface area contributed by atoms with Crippen molar-refractivity contribution in [2.75, 3.05) is 13.7 Å². The molecule has 1 heterocycles. The van der Waals surface area contributed by atoms with Crippen molar-refractivity contribution in [1.29, 1.82) is 0 Å². The Morgan fingerprint density at radius 1 is 0.889 bits per heavy atom. The summed E-state index contributed by atoms with van der Waals surface area (Å²) in [5.41, 5.74) is -7.49. The number of carbonyl (C=O) groups is 1. The molecule has 0 bridgehead atoms. The van der Waals surface area contributed by atoms with E-state index in [0.29, 0.717) is 5.56 Å². The van der Waals surface area contributed by atoms with Gasteiger partial charge in [-0.25, -0.2) is 4.79 Å². The summed E-state index contributed by atoms with van der Waals surface area (Å²) in [6.45, 7) is 4.40. The zero-order valence-electron chi connectivity index (χ0n) is 19.5. The van der Waals surface area contributed by atoms with E-state index in [1.807, 2.05) is 13.8 Å². The van der Waals surface area contributed by atoms with Crippen molar-refractivity contribution in [3.8, 4) is 0 Å². The highest BCUT2D eigenvalue weighted by Gasteiger charge is 2.59. The first-order valence-corrected chi connectivity index (χ1v) is 10.6. The van der Waals surface area contributed by atoms with Crippen LogP contribution in [0.4, 0.5) is 39.5 Å². The number of carbonyl (C=O) groups excluding carboxylic acids is 1. The van der Waals surface area contributed by atoms with Crippen LogP contribution in [-0.4, -0.2) is 31.5 Å². The number of esters is 1. The van der Waals surface area contributed by atoms with Crippen LogP contribution in [-0.2, 0) is 22.5 Å². The molecule has 1 aliphatic rings. The minimum atomic E-state index is -5.30. The van der Waals surface area contributed by atoms with Gasteiger partial charge in [-0.05, 0) is 53.9 Å². The summed E-state index contributed by atoms with van der Waals surface area (Å²) in [6, 6.07) is 3.89. The summed E-state index contributed by atoms with van der Waals surface area (Å²) < 4.78 is 127. The van der Waals surface area contributed by atoms with E-state index in [-0.39, 0.29) is 35.0 Å². The average Bonchev–Trinajstić information content (AvgIpc) is 3.25. The molecule has 0 fully saturated rings. The number of ether oxygens (including phenoxy) is 1. The smallest absolute Gasteiger partial charge is 0.416 e. The number of rotatable bonds is 3. The van der Waals surface area contributed by atoms with Gasteiger partial charge in [0, 0.05) is 12.1 Å². The number of hydrogen-bond acceptors (Lipinski definition) is 3. The van der Waals surface area contributed by atoms with Crippen molar-refractivity contribution in [1.82, 2.24) is 0 Å². The molecular weight excluding hydrogens is 505 g/mol. The van der Waals surface area contributed by atoms with E-state index < -0.39 is 59.6 Å². The molecule has 36 heavy (non-hydrogen) atoms. The van der Waals surface area contributed by atoms with Gasteiger partial charge in [-0.2, -0.15) is 39.5 Å². The van der Waals surface area contributed by atoms with E-state index in [2.05, 4.69) is 9.73 Å². The van der Waals surface area contributed by atoms with Crippen LogP contribution < -0.4 is 0 Å². The Bertz CT molecular complexity index is 1120. The molecule has 3 nitrogen and oxygen atoms in total. The van der Waals surface area contributed by atoms with Crippen LogP contribution in [0, 0.1) is 6.92 Å². The Morgan fingerprint density at radius 3 is 1.83 bits per heavy atom. The number of hydrogen-bond donors (Lipinski definition) is 0. The van der Waals surface area contributed by atoms with Gasteiger partial charge in [-0.3, -0.25) is 4.99 Å². The summed E-state index contributed by atoms with van der Waals surface area (Å²) >= 11 is 0. The zero-order chi connectivity index (χ0) is 27.7. The van der Waals surface area contributed by atoms with Gasteiger partial charge in [0.05, 0.1) is 30.3 Å². The Labute approximate surface area is 201 Å². The SMILES string of the molecule is CC.COC(=O)c1ccc(C2=NCC(c3cc(C(F)(F)F)cc(C(F)(F)F)c3)(C(F)(F)F)C2)cc1C. The molecule has 1 aliphatic heterocycles. The average molecular weight is 527 g/mol. The Hall–Kier alpha value is -3.05. The van der Waals surface area contributed by atoms with E-state index >= 15 is 0 Å². The molecule has 3 rings (SSSR count). The third kappa shape index (κ3) is 5.67. The molecule has 0 saturated heterocycles. The molecular formula is C24H22F9NO2. The molecule has 12 heteroatoms. The number of alkyl halides is 9. The van der Waals surface area contributed by atoms with Gasteiger partial charge in [0.15, 0.2) is 0 Å². The van der Waals surface area contributed by atoms with Crippen molar-refractivity contribution in [3.63, 3.8) is 0 Å². The van der Waals surface area contributed by atoms with Gasteiger partial charge < -0.3 is 4.74 Å². The van der Waals surface area contributed by atoms with Crippen LogP contribution in [0.5, 0.6) is 0 Å². The minimum Gasteiger partial charge on any atom is -0.465 e. The molecule has 0 radical (unpaired) electrons. The molecule has 0 N–H and O–H groups in total. The van der Waals surface area contributed by atoms with Crippen LogP contribution in [0.15, 0.2) is 41.4 Å². The first-order chi connectivity index (χ1) is 16.5. The van der Waals surface area contributed by atoms with Gasteiger partial charge in [-0.15, -0.1) is 0 Å². The Balaban J connectivity index is 0.00000222. The van der Waals surface area contributed by atoms with E-state index in [0.717, 1.165) is 7.11 Å². The van der Waals surface area contributed by atoms with Gasteiger partial charge >= 0.3 is 24.5 Å². The highest BCUT2D eigenvalue weighted by Crippen LogP contribution is 2.50.